The van der Waals surface area contributed by atoms with Crippen molar-refractivity contribution in [1.29, 1.82) is 0 Å². The first-order valence-electron chi connectivity index (χ1n) is 9.81. The smallest absolute Gasteiger partial charge is 0.325 e. The van der Waals surface area contributed by atoms with Crippen molar-refractivity contribution in [3.63, 3.8) is 0 Å². The summed E-state index contributed by atoms with van der Waals surface area (Å²) < 4.78 is 11.0. The van der Waals surface area contributed by atoms with E-state index in [4.69, 9.17) is 9.47 Å². The summed E-state index contributed by atoms with van der Waals surface area (Å²) in [5.74, 6) is -0.307. The Labute approximate surface area is 174 Å². The van der Waals surface area contributed by atoms with Crippen LogP contribution in [-0.4, -0.2) is 73.4 Å². The van der Waals surface area contributed by atoms with Gasteiger partial charge in [0.1, 0.15) is 25.3 Å². The van der Waals surface area contributed by atoms with Gasteiger partial charge in [0.25, 0.3) is 5.91 Å². The lowest BCUT2D eigenvalue weighted by atomic mass is 9.91. The van der Waals surface area contributed by atoms with Crippen LogP contribution in [0.15, 0.2) is 18.2 Å². The van der Waals surface area contributed by atoms with Gasteiger partial charge in [0, 0.05) is 13.6 Å². The number of benzene rings is 1. The number of amides is 5. The Hall–Kier alpha value is -3.30. The molecule has 30 heavy (non-hydrogen) atoms. The number of hydrogen-bond acceptors (Lipinski definition) is 6. The summed E-state index contributed by atoms with van der Waals surface area (Å²) >= 11 is 0. The summed E-state index contributed by atoms with van der Waals surface area (Å²) in [6.45, 7) is 4.24. The highest BCUT2D eigenvalue weighted by Crippen LogP contribution is 2.36. The highest BCUT2D eigenvalue weighted by atomic mass is 16.6. The lowest BCUT2D eigenvalue weighted by Gasteiger charge is -2.25. The van der Waals surface area contributed by atoms with Gasteiger partial charge in [-0.1, -0.05) is 13.0 Å². The Balaban J connectivity index is 1.69. The van der Waals surface area contributed by atoms with Gasteiger partial charge >= 0.3 is 6.03 Å². The van der Waals surface area contributed by atoms with E-state index in [-0.39, 0.29) is 12.5 Å². The minimum atomic E-state index is -1.34. The predicted octanol–water partition coefficient (Wildman–Crippen LogP) is 0.209. The number of nitrogens with zero attached hydrogens (tertiary/aromatic N) is 2. The molecule has 5 amide bonds. The quantitative estimate of drug-likeness (QED) is 0.612. The summed E-state index contributed by atoms with van der Waals surface area (Å²) in [5, 5.41) is 5.33. The average Bonchev–Trinajstić information content (AvgIpc) is 2.95. The Morgan fingerprint density at radius 3 is 2.63 bits per heavy atom. The van der Waals surface area contributed by atoms with Gasteiger partial charge in [-0.25, -0.2) is 4.79 Å². The molecule has 1 fully saturated rings. The summed E-state index contributed by atoms with van der Waals surface area (Å²) in [7, 11) is 1.45. The maximum Gasteiger partial charge on any atom is 0.325 e. The number of imide groups is 1. The van der Waals surface area contributed by atoms with Crippen LogP contribution >= 0.6 is 0 Å². The molecular formula is C20H26N4O6. The summed E-state index contributed by atoms with van der Waals surface area (Å²) in [5.41, 5.74) is -0.822. The molecule has 1 saturated heterocycles. The number of ether oxygens (including phenoxy) is 2. The first-order chi connectivity index (χ1) is 14.3. The molecule has 0 aromatic heterocycles. The number of likely N-dealkylation sites (N-methyl/N-ethyl adjacent to an activating group) is 1. The molecule has 2 N–H and O–H groups in total. The molecule has 0 radical (unpaired) electrons. The number of carbonyl (C=O) groups excluding carboxylic acids is 4. The average molecular weight is 418 g/mol. The first-order valence-corrected chi connectivity index (χ1v) is 9.81. The van der Waals surface area contributed by atoms with Crippen LogP contribution in [0.5, 0.6) is 11.5 Å². The fourth-order valence-corrected chi connectivity index (χ4v) is 3.27. The Morgan fingerprint density at radius 2 is 1.93 bits per heavy atom. The van der Waals surface area contributed by atoms with E-state index >= 15 is 0 Å². The molecule has 10 nitrogen and oxygen atoms in total. The van der Waals surface area contributed by atoms with Gasteiger partial charge in [0.15, 0.2) is 11.5 Å². The fraction of sp³-hybridized carbons (Fsp3) is 0.500. The van der Waals surface area contributed by atoms with Crippen LogP contribution in [0.25, 0.3) is 0 Å². The van der Waals surface area contributed by atoms with Crippen molar-refractivity contribution < 1.29 is 28.7 Å². The standard InChI is InChI=1S/C20H26N4O6/c1-4-7-21-16(25)11-23(3)17(26)12-24-18(27)20(2,22-19(24)28)13-5-6-14-15(10-13)30-9-8-29-14/h5-6,10H,4,7-9,11-12H2,1-3H3,(H,21,25)(H,22,28)/t20-/m0/s1. The number of hydrogen-bond donors (Lipinski definition) is 2. The molecule has 1 aromatic rings. The largest absolute Gasteiger partial charge is 0.486 e. The highest BCUT2D eigenvalue weighted by Gasteiger charge is 2.50. The molecule has 0 bridgehead atoms. The molecule has 1 atom stereocenters. The number of nitrogens with one attached hydrogen (secondary N) is 2. The Bertz CT molecular complexity index is 873. The molecule has 0 aliphatic carbocycles. The molecule has 0 unspecified atom stereocenters. The zero-order chi connectivity index (χ0) is 21.9. The normalized spacial score (nSPS) is 20.0. The zero-order valence-corrected chi connectivity index (χ0v) is 17.3. The SMILES string of the molecule is CCCNC(=O)CN(C)C(=O)CN1C(=O)N[C@@](C)(c2ccc3c(c2)OCCO3)C1=O. The molecule has 1 aromatic carbocycles. The van der Waals surface area contributed by atoms with Crippen molar-refractivity contribution >= 4 is 23.8 Å². The van der Waals surface area contributed by atoms with Gasteiger partial charge in [-0.2, -0.15) is 0 Å². The summed E-state index contributed by atoms with van der Waals surface area (Å²) in [4.78, 5) is 51.8. The van der Waals surface area contributed by atoms with Crippen molar-refractivity contribution in [1.82, 2.24) is 20.4 Å². The number of carbonyl (C=O) groups is 4. The third-order valence-electron chi connectivity index (χ3n) is 5.07. The van der Waals surface area contributed by atoms with Crippen LogP contribution in [0.2, 0.25) is 0 Å². The summed E-state index contributed by atoms with van der Waals surface area (Å²) in [6, 6.07) is 4.35. The third-order valence-corrected chi connectivity index (χ3v) is 5.07. The van der Waals surface area contributed by atoms with E-state index in [0.29, 0.717) is 36.8 Å². The van der Waals surface area contributed by atoms with E-state index in [1.54, 1.807) is 25.1 Å². The van der Waals surface area contributed by atoms with Crippen LogP contribution in [0.4, 0.5) is 4.79 Å². The van der Waals surface area contributed by atoms with Crippen molar-refractivity contribution in [2.45, 2.75) is 25.8 Å². The van der Waals surface area contributed by atoms with Crippen molar-refractivity contribution in [2.24, 2.45) is 0 Å². The fourth-order valence-electron chi connectivity index (χ4n) is 3.27. The summed E-state index contributed by atoms with van der Waals surface area (Å²) in [6.07, 6.45) is 0.782. The molecular weight excluding hydrogens is 392 g/mol. The maximum absolute atomic E-state index is 13.0. The second kappa shape index (κ2) is 8.60. The van der Waals surface area contributed by atoms with Gasteiger partial charge in [0.2, 0.25) is 11.8 Å². The van der Waals surface area contributed by atoms with E-state index in [9.17, 15) is 19.2 Å². The Morgan fingerprint density at radius 1 is 1.23 bits per heavy atom. The molecule has 0 saturated carbocycles. The predicted molar refractivity (Wildman–Crippen MR) is 106 cm³/mol. The van der Waals surface area contributed by atoms with Crippen LogP contribution in [-0.2, 0) is 19.9 Å². The second-order valence-electron chi connectivity index (χ2n) is 7.40. The monoisotopic (exact) mass is 418 g/mol. The number of urea groups is 1. The molecule has 2 aliphatic rings. The van der Waals surface area contributed by atoms with Gasteiger partial charge < -0.3 is 25.0 Å². The van der Waals surface area contributed by atoms with E-state index in [0.717, 1.165) is 11.3 Å². The molecule has 0 spiro atoms. The molecule has 3 rings (SSSR count). The number of rotatable bonds is 7. The minimum absolute atomic E-state index is 0.151. The van der Waals surface area contributed by atoms with E-state index in [1.807, 2.05) is 6.92 Å². The van der Waals surface area contributed by atoms with Gasteiger partial charge in [0.05, 0.1) is 6.54 Å². The Kier molecular flexibility index (Phi) is 6.14. The second-order valence-corrected chi connectivity index (χ2v) is 7.40. The van der Waals surface area contributed by atoms with Crippen LogP contribution < -0.4 is 20.1 Å². The highest BCUT2D eigenvalue weighted by molar-refractivity contribution is 6.09. The van der Waals surface area contributed by atoms with Gasteiger partial charge in [-0.3, -0.25) is 19.3 Å². The van der Waals surface area contributed by atoms with Crippen LogP contribution in [0.1, 0.15) is 25.8 Å². The lowest BCUT2D eigenvalue weighted by Crippen LogP contribution is -2.46. The molecule has 162 valence electrons. The van der Waals surface area contributed by atoms with E-state index < -0.39 is 29.9 Å². The van der Waals surface area contributed by atoms with Gasteiger partial charge in [-0.05, 0) is 31.0 Å². The maximum atomic E-state index is 13.0. The molecule has 10 heteroatoms. The number of fused-ring (bicyclic) bond motifs is 1. The molecule has 2 heterocycles. The first kappa shape index (κ1) is 21.4. The van der Waals surface area contributed by atoms with Crippen molar-refractivity contribution in [3.8, 4) is 11.5 Å². The van der Waals surface area contributed by atoms with Crippen LogP contribution in [0.3, 0.4) is 0 Å². The van der Waals surface area contributed by atoms with E-state index in [1.165, 1.54) is 11.9 Å². The topological polar surface area (TPSA) is 117 Å². The van der Waals surface area contributed by atoms with Crippen molar-refractivity contribution in [2.75, 3.05) is 39.9 Å². The van der Waals surface area contributed by atoms with Crippen LogP contribution in [0, 0.1) is 0 Å². The minimum Gasteiger partial charge on any atom is -0.486 e. The lowest BCUT2D eigenvalue weighted by molar-refractivity contribution is -0.139. The van der Waals surface area contributed by atoms with Gasteiger partial charge in [-0.15, -0.1) is 0 Å². The van der Waals surface area contributed by atoms with Crippen molar-refractivity contribution in [3.05, 3.63) is 23.8 Å². The van der Waals surface area contributed by atoms with E-state index in [2.05, 4.69) is 10.6 Å². The third kappa shape index (κ3) is 4.17. The zero-order valence-electron chi connectivity index (χ0n) is 17.3. The molecule has 2 aliphatic heterocycles.